The molecule has 126 valence electrons. The van der Waals surface area contributed by atoms with Crippen molar-refractivity contribution >= 4 is 17.5 Å². The molecule has 3 rings (SSSR count). The highest BCUT2D eigenvalue weighted by Crippen LogP contribution is 2.24. The van der Waals surface area contributed by atoms with Gasteiger partial charge in [-0.1, -0.05) is 18.2 Å². The van der Waals surface area contributed by atoms with Crippen molar-refractivity contribution in [3.05, 3.63) is 47.3 Å². The Labute approximate surface area is 141 Å². The molecule has 0 saturated carbocycles. The largest absolute Gasteiger partial charge is 0.355 e. The van der Waals surface area contributed by atoms with E-state index in [0.717, 1.165) is 22.6 Å². The second-order valence-electron chi connectivity index (χ2n) is 6.30. The maximum atomic E-state index is 12.2. The van der Waals surface area contributed by atoms with Crippen molar-refractivity contribution in [2.45, 2.75) is 26.7 Å². The molecule has 2 heterocycles. The Morgan fingerprint density at radius 3 is 2.75 bits per heavy atom. The van der Waals surface area contributed by atoms with Crippen molar-refractivity contribution in [2.75, 3.05) is 18.0 Å². The number of nitrogens with zero attached hydrogens (tertiary/aromatic N) is 2. The van der Waals surface area contributed by atoms with Crippen LogP contribution in [0.15, 0.2) is 30.3 Å². The number of hydrogen-bond donors (Lipinski definition) is 2. The number of H-pyrrole nitrogens is 1. The molecule has 1 atom stereocenters. The fourth-order valence-corrected chi connectivity index (χ4v) is 3.09. The molecule has 1 aromatic heterocycles. The number of para-hydroxylation sites is 1. The molecular weight excluding hydrogens is 304 g/mol. The first-order chi connectivity index (χ1) is 11.5. The van der Waals surface area contributed by atoms with Gasteiger partial charge in [-0.15, -0.1) is 0 Å². The van der Waals surface area contributed by atoms with E-state index in [0.29, 0.717) is 25.9 Å². The van der Waals surface area contributed by atoms with E-state index in [9.17, 15) is 9.59 Å². The lowest BCUT2D eigenvalue weighted by molar-refractivity contribution is -0.121. The van der Waals surface area contributed by atoms with Crippen molar-refractivity contribution < 1.29 is 9.59 Å². The molecule has 0 radical (unpaired) electrons. The summed E-state index contributed by atoms with van der Waals surface area (Å²) in [7, 11) is 0. The van der Waals surface area contributed by atoms with Crippen LogP contribution in [-0.4, -0.2) is 35.1 Å². The Kier molecular flexibility index (Phi) is 4.64. The Bertz CT molecular complexity index is 719. The van der Waals surface area contributed by atoms with Gasteiger partial charge in [-0.2, -0.15) is 5.10 Å². The molecule has 0 spiro atoms. The van der Waals surface area contributed by atoms with Gasteiger partial charge in [0.1, 0.15) is 0 Å². The van der Waals surface area contributed by atoms with Gasteiger partial charge in [0, 0.05) is 42.4 Å². The van der Waals surface area contributed by atoms with Gasteiger partial charge in [-0.3, -0.25) is 14.7 Å². The summed E-state index contributed by atoms with van der Waals surface area (Å²) >= 11 is 0. The fraction of sp³-hybridized carbons (Fsp3) is 0.389. The van der Waals surface area contributed by atoms with Crippen LogP contribution in [0, 0.1) is 19.8 Å². The quantitative estimate of drug-likeness (QED) is 0.878. The van der Waals surface area contributed by atoms with Crippen LogP contribution in [0.1, 0.15) is 23.4 Å². The maximum absolute atomic E-state index is 12.2. The molecule has 6 heteroatoms. The Hall–Kier alpha value is -2.63. The van der Waals surface area contributed by atoms with Crippen LogP contribution in [0.3, 0.4) is 0 Å². The van der Waals surface area contributed by atoms with Crippen LogP contribution >= 0.6 is 0 Å². The van der Waals surface area contributed by atoms with E-state index in [4.69, 9.17) is 0 Å². The molecular formula is C18H22N4O2. The normalized spacial score (nSPS) is 17.3. The predicted molar refractivity (Wildman–Crippen MR) is 91.7 cm³/mol. The zero-order chi connectivity index (χ0) is 17.1. The minimum atomic E-state index is -0.0341. The number of aromatic nitrogens is 2. The van der Waals surface area contributed by atoms with Gasteiger partial charge in [-0.25, -0.2) is 0 Å². The lowest BCUT2D eigenvalue weighted by Crippen LogP contribution is -2.32. The van der Waals surface area contributed by atoms with Crippen LogP contribution in [-0.2, 0) is 16.0 Å². The Morgan fingerprint density at radius 1 is 1.33 bits per heavy atom. The third kappa shape index (κ3) is 3.48. The number of aryl methyl sites for hydroxylation is 2. The summed E-state index contributed by atoms with van der Waals surface area (Å²) in [6.45, 7) is 4.96. The highest BCUT2D eigenvalue weighted by molar-refractivity contribution is 5.95. The van der Waals surface area contributed by atoms with Crippen LogP contribution in [0.4, 0.5) is 5.69 Å². The number of rotatable bonds is 5. The summed E-state index contributed by atoms with van der Waals surface area (Å²) in [5, 5.41) is 9.94. The zero-order valence-corrected chi connectivity index (χ0v) is 14.0. The minimum absolute atomic E-state index is 0.0341. The molecule has 0 bridgehead atoms. The average Bonchev–Trinajstić information content (AvgIpc) is 3.11. The van der Waals surface area contributed by atoms with E-state index in [1.165, 1.54) is 0 Å². The smallest absolute Gasteiger partial charge is 0.227 e. The number of amides is 2. The third-order valence-electron chi connectivity index (χ3n) is 4.48. The maximum Gasteiger partial charge on any atom is 0.227 e. The number of carbonyl (C=O) groups is 2. The van der Waals surface area contributed by atoms with Gasteiger partial charge in [0.15, 0.2) is 0 Å². The predicted octanol–water partition coefficient (Wildman–Crippen LogP) is 1.74. The van der Waals surface area contributed by atoms with Crippen molar-refractivity contribution in [1.82, 2.24) is 15.5 Å². The molecule has 6 nitrogen and oxygen atoms in total. The molecule has 1 fully saturated rings. The molecule has 2 aromatic rings. The summed E-state index contributed by atoms with van der Waals surface area (Å²) in [6.07, 6.45) is 0.788. The molecule has 1 aromatic carbocycles. The SMILES string of the molecule is Cc1n[nH]c(C)c1CC(=O)NC[C@@H]1CC(=O)N(c2ccccc2)C1. The lowest BCUT2D eigenvalue weighted by Gasteiger charge is -2.16. The van der Waals surface area contributed by atoms with Gasteiger partial charge < -0.3 is 10.2 Å². The van der Waals surface area contributed by atoms with Crippen molar-refractivity contribution in [2.24, 2.45) is 5.92 Å². The highest BCUT2D eigenvalue weighted by Gasteiger charge is 2.30. The molecule has 1 aliphatic rings. The number of anilines is 1. The van der Waals surface area contributed by atoms with Gasteiger partial charge in [0.2, 0.25) is 11.8 Å². The Morgan fingerprint density at radius 2 is 2.08 bits per heavy atom. The van der Waals surface area contributed by atoms with Crippen LogP contribution < -0.4 is 10.2 Å². The molecule has 1 aliphatic heterocycles. The standard InChI is InChI=1S/C18H22N4O2/c1-12-16(13(2)21-20-12)9-17(23)19-10-14-8-18(24)22(11-14)15-6-4-3-5-7-15/h3-7,14H,8-11H2,1-2H3,(H,19,23)(H,20,21)/t14-/m0/s1. The first-order valence-corrected chi connectivity index (χ1v) is 8.17. The van der Waals surface area contributed by atoms with Crippen molar-refractivity contribution in [3.63, 3.8) is 0 Å². The van der Waals surface area contributed by atoms with E-state index >= 15 is 0 Å². The molecule has 2 amide bonds. The summed E-state index contributed by atoms with van der Waals surface area (Å²) in [4.78, 5) is 26.1. The third-order valence-corrected chi connectivity index (χ3v) is 4.48. The summed E-state index contributed by atoms with van der Waals surface area (Å²) in [5.41, 5.74) is 3.64. The summed E-state index contributed by atoms with van der Waals surface area (Å²) in [5.74, 6) is 0.225. The topological polar surface area (TPSA) is 78.1 Å². The van der Waals surface area contributed by atoms with Crippen LogP contribution in [0.25, 0.3) is 0 Å². The fourth-order valence-electron chi connectivity index (χ4n) is 3.09. The summed E-state index contributed by atoms with van der Waals surface area (Å²) in [6, 6.07) is 9.65. The van der Waals surface area contributed by atoms with E-state index in [-0.39, 0.29) is 17.7 Å². The van der Waals surface area contributed by atoms with E-state index in [1.807, 2.05) is 44.2 Å². The number of carbonyl (C=O) groups excluding carboxylic acids is 2. The van der Waals surface area contributed by atoms with Crippen molar-refractivity contribution in [1.29, 1.82) is 0 Å². The van der Waals surface area contributed by atoms with Gasteiger partial charge >= 0.3 is 0 Å². The second kappa shape index (κ2) is 6.86. The second-order valence-corrected chi connectivity index (χ2v) is 6.30. The monoisotopic (exact) mass is 326 g/mol. The van der Waals surface area contributed by atoms with E-state index < -0.39 is 0 Å². The first kappa shape index (κ1) is 16.2. The average molecular weight is 326 g/mol. The van der Waals surface area contributed by atoms with Gasteiger partial charge in [0.25, 0.3) is 0 Å². The molecule has 0 aliphatic carbocycles. The van der Waals surface area contributed by atoms with E-state index in [1.54, 1.807) is 4.90 Å². The molecule has 24 heavy (non-hydrogen) atoms. The molecule has 0 unspecified atom stereocenters. The van der Waals surface area contributed by atoms with Crippen LogP contribution in [0.2, 0.25) is 0 Å². The number of hydrogen-bond acceptors (Lipinski definition) is 3. The summed E-state index contributed by atoms with van der Waals surface area (Å²) < 4.78 is 0. The molecule has 2 N–H and O–H groups in total. The first-order valence-electron chi connectivity index (χ1n) is 8.17. The highest BCUT2D eigenvalue weighted by atomic mass is 16.2. The van der Waals surface area contributed by atoms with Gasteiger partial charge in [0.05, 0.1) is 12.1 Å². The lowest BCUT2D eigenvalue weighted by atomic mass is 10.1. The Balaban J connectivity index is 1.52. The van der Waals surface area contributed by atoms with E-state index in [2.05, 4.69) is 15.5 Å². The van der Waals surface area contributed by atoms with Crippen LogP contribution in [0.5, 0.6) is 0 Å². The molecule has 1 saturated heterocycles. The number of nitrogens with one attached hydrogen (secondary N) is 2. The number of aromatic amines is 1. The van der Waals surface area contributed by atoms with Crippen molar-refractivity contribution in [3.8, 4) is 0 Å². The minimum Gasteiger partial charge on any atom is -0.355 e. The van der Waals surface area contributed by atoms with Gasteiger partial charge in [-0.05, 0) is 26.0 Å². The zero-order valence-electron chi connectivity index (χ0n) is 14.0. The number of benzene rings is 1.